The number of hydrogen-bond acceptors (Lipinski definition) is 3. The normalized spacial score (nSPS) is 29.9. The van der Waals surface area contributed by atoms with Gasteiger partial charge in [0.05, 0.1) is 5.75 Å². The lowest BCUT2D eigenvalue weighted by molar-refractivity contribution is 0.328. The van der Waals surface area contributed by atoms with E-state index in [-0.39, 0.29) is 12.1 Å². The van der Waals surface area contributed by atoms with Gasteiger partial charge in [-0.2, -0.15) is 4.31 Å². The molecule has 1 saturated heterocycles. The highest BCUT2D eigenvalue weighted by Gasteiger charge is 2.37. The van der Waals surface area contributed by atoms with E-state index in [2.05, 4.69) is 12.2 Å². The van der Waals surface area contributed by atoms with Crippen molar-refractivity contribution in [3.63, 3.8) is 0 Å². The number of hydrogen-bond donors (Lipinski definition) is 1. The van der Waals surface area contributed by atoms with E-state index in [1.807, 2.05) is 6.92 Å². The Morgan fingerprint density at radius 3 is 2.56 bits per heavy atom. The first-order chi connectivity index (χ1) is 8.54. The third kappa shape index (κ3) is 3.45. The predicted octanol–water partition coefficient (Wildman–Crippen LogP) is 1.72. The van der Waals surface area contributed by atoms with Gasteiger partial charge in [-0.3, -0.25) is 0 Å². The van der Waals surface area contributed by atoms with Crippen molar-refractivity contribution in [1.29, 1.82) is 0 Å². The molecule has 4 nitrogen and oxygen atoms in total. The molecule has 0 bridgehead atoms. The molecule has 1 aliphatic carbocycles. The van der Waals surface area contributed by atoms with Crippen LogP contribution in [0.25, 0.3) is 0 Å². The molecule has 0 aromatic rings. The van der Waals surface area contributed by atoms with Crippen molar-refractivity contribution < 1.29 is 8.42 Å². The fraction of sp³-hybridized carbons (Fsp3) is 1.00. The van der Waals surface area contributed by atoms with Crippen molar-refractivity contribution in [2.45, 2.75) is 70.5 Å². The first-order valence-electron chi connectivity index (χ1n) is 7.29. The summed E-state index contributed by atoms with van der Waals surface area (Å²) in [6, 6.07) is 1.10. The van der Waals surface area contributed by atoms with Crippen molar-refractivity contribution in [2.75, 3.05) is 12.3 Å². The Morgan fingerprint density at radius 1 is 1.22 bits per heavy atom. The minimum absolute atomic E-state index is 0.191. The molecular formula is C13H26N2O2S. The SMILES string of the molecule is CCC1CCC(C)N1S(=O)(=O)CCCNC1CC1. The van der Waals surface area contributed by atoms with Crippen LogP contribution < -0.4 is 5.32 Å². The summed E-state index contributed by atoms with van der Waals surface area (Å²) >= 11 is 0. The summed E-state index contributed by atoms with van der Waals surface area (Å²) in [5.74, 6) is 0.299. The number of sulfonamides is 1. The van der Waals surface area contributed by atoms with Crippen molar-refractivity contribution in [3.05, 3.63) is 0 Å². The van der Waals surface area contributed by atoms with Gasteiger partial charge in [0, 0.05) is 18.1 Å². The Morgan fingerprint density at radius 2 is 1.94 bits per heavy atom. The monoisotopic (exact) mass is 274 g/mol. The topological polar surface area (TPSA) is 49.4 Å². The van der Waals surface area contributed by atoms with Crippen LogP contribution in [-0.2, 0) is 10.0 Å². The van der Waals surface area contributed by atoms with Gasteiger partial charge in [-0.05, 0) is 52.0 Å². The first kappa shape index (κ1) is 14.3. The van der Waals surface area contributed by atoms with E-state index in [0.717, 1.165) is 32.2 Å². The maximum absolute atomic E-state index is 12.4. The Balaban J connectivity index is 1.83. The summed E-state index contributed by atoms with van der Waals surface area (Å²) in [5, 5.41) is 3.37. The van der Waals surface area contributed by atoms with Crippen LogP contribution in [0.15, 0.2) is 0 Å². The highest BCUT2D eigenvalue weighted by atomic mass is 32.2. The molecule has 1 N–H and O–H groups in total. The average molecular weight is 274 g/mol. The van der Waals surface area contributed by atoms with E-state index in [1.54, 1.807) is 4.31 Å². The van der Waals surface area contributed by atoms with Crippen molar-refractivity contribution in [3.8, 4) is 0 Å². The van der Waals surface area contributed by atoms with E-state index >= 15 is 0 Å². The van der Waals surface area contributed by atoms with Crippen LogP contribution in [-0.4, -0.2) is 43.1 Å². The molecule has 0 aromatic heterocycles. The van der Waals surface area contributed by atoms with Crippen LogP contribution in [0, 0.1) is 0 Å². The summed E-state index contributed by atoms with van der Waals surface area (Å²) in [7, 11) is -3.05. The molecule has 2 aliphatic rings. The van der Waals surface area contributed by atoms with Gasteiger partial charge in [0.1, 0.15) is 0 Å². The average Bonchev–Trinajstić information content (AvgIpc) is 3.06. The van der Waals surface area contributed by atoms with Crippen LogP contribution in [0.2, 0.25) is 0 Å². The molecule has 1 saturated carbocycles. The van der Waals surface area contributed by atoms with Crippen LogP contribution in [0.3, 0.4) is 0 Å². The van der Waals surface area contributed by atoms with E-state index in [0.29, 0.717) is 11.8 Å². The summed E-state index contributed by atoms with van der Waals surface area (Å²) in [4.78, 5) is 0. The van der Waals surface area contributed by atoms with Crippen molar-refractivity contribution >= 4 is 10.0 Å². The lowest BCUT2D eigenvalue weighted by atomic mass is 10.2. The minimum Gasteiger partial charge on any atom is -0.314 e. The second-order valence-corrected chi connectivity index (χ2v) is 7.71. The molecule has 106 valence electrons. The molecule has 18 heavy (non-hydrogen) atoms. The third-order valence-electron chi connectivity index (χ3n) is 4.09. The van der Waals surface area contributed by atoms with Crippen LogP contribution >= 0.6 is 0 Å². The number of nitrogens with zero attached hydrogens (tertiary/aromatic N) is 1. The zero-order valence-electron chi connectivity index (χ0n) is 11.6. The van der Waals surface area contributed by atoms with Gasteiger partial charge in [-0.1, -0.05) is 6.92 Å². The summed E-state index contributed by atoms with van der Waals surface area (Å²) in [6.45, 7) is 4.96. The highest BCUT2D eigenvalue weighted by Crippen LogP contribution is 2.29. The van der Waals surface area contributed by atoms with Crippen molar-refractivity contribution in [2.24, 2.45) is 0 Å². The van der Waals surface area contributed by atoms with Gasteiger partial charge in [-0.15, -0.1) is 0 Å². The lowest BCUT2D eigenvalue weighted by Crippen LogP contribution is -2.41. The summed E-state index contributed by atoms with van der Waals surface area (Å²) in [6.07, 6.45) is 6.22. The molecule has 5 heteroatoms. The van der Waals surface area contributed by atoms with E-state index in [4.69, 9.17) is 0 Å². The maximum atomic E-state index is 12.4. The minimum atomic E-state index is -3.05. The molecule has 1 aliphatic heterocycles. The Bertz CT molecular complexity index is 365. The van der Waals surface area contributed by atoms with Crippen molar-refractivity contribution in [1.82, 2.24) is 9.62 Å². The smallest absolute Gasteiger partial charge is 0.214 e. The molecule has 1 heterocycles. The first-order valence-corrected chi connectivity index (χ1v) is 8.90. The van der Waals surface area contributed by atoms with Gasteiger partial charge in [0.2, 0.25) is 10.0 Å². The Hall–Kier alpha value is -0.130. The molecule has 0 radical (unpaired) electrons. The fourth-order valence-corrected chi connectivity index (χ4v) is 4.97. The van der Waals surface area contributed by atoms with Crippen LogP contribution in [0.4, 0.5) is 0 Å². The summed E-state index contributed by atoms with van der Waals surface area (Å²) < 4.78 is 26.5. The maximum Gasteiger partial charge on any atom is 0.214 e. The number of rotatable bonds is 7. The Labute approximate surface area is 111 Å². The zero-order valence-corrected chi connectivity index (χ0v) is 12.4. The van der Waals surface area contributed by atoms with Gasteiger partial charge < -0.3 is 5.32 Å². The zero-order chi connectivity index (χ0) is 13.2. The molecule has 2 rings (SSSR count). The van der Waals surface area contributed by atoms with Gasteiger partial charge in [0.25, 0.3) is 0 Å². The largest absolute Gasteiger partial charge is 0.314 e. The molecular weight excluding hydrogens is 248 g/mol. The fourth-order valence-electron chi connectivity index (χ4n) is 2.89. The van der Waals surface area contributed by atoms with E-state index in [1.165, 1.54) is 12.8 Å². The summed E-state index contributed by atoms with van der Waals surface area (Å²) in [5.41, 5.74) is 0. The van der Waals surface area contributed by atoms with Crippen LogP contribution in [0.5, 0.6) is 0 Å². The molecule has 2 unspecified atom stereocenters. The lowest BCUT2D eigenvalue weighted by Gasteiger charge is -2.27. The molecule has 0 aromatic carbocycles. The van der Waals surface area contributed by atoms with Gasteiger partial charge >= 0.3 is 0 Å². The molecule has 0 spiro atoms. The van der Waals surface area contributed by atoms with E-state index < -0.39 is 10.0 Å². The Kier molecular flexibility index (Phi) is 4.67. The molecule has 0 amide bonds. The highest BCUT2D eigenvalue weighted by molar-refractivity contribution is 7.89. The predicted molar refractivity (Wildman–Crippen MR) is 74.0 cm³/mol. The quantitative estimate of drug-likeness (QED) is 0.719. The van der Waals surface area contributed by atoms with Gasteiger partial charge in [-0.25, -0.2) is 8.42 Å². The standard InChI is InChI=1S/C13H26N2O2S/c1-3-13-8-5-11(2)15(13)18(16,17)10-4-9-14-12-6-7-12/h11-14H,3-10H2,1-2H3. The van der Waals surface area contributed by atoms with Crippen LogP contribution in [0.1, 0.15) is 52.4 Å². The second kappa shape index (κ2) is 5.88. The van der Waals surface area contributed by atoms with E-state index in [9.17, 15) is 8.42 Å². The second-order valence-electron chi connectivity index (χ2n) is 5.72. The third-order valence-corrected chi connectivity index (χ3v) is 6.20. The number of nitrogens with one attached hydrogen (secondary N) is 1. The van der Waals surface area contributed by atoms with Gasteiger partial charge in [0.15, 0.2) is 0 Å². The molecule has 2 fully saturated rings. The molecule has 2 atom stereocenters.